The van der Waals surface area contributed by atoms with E-state index in [1.54, 1.807) is 48.0 Å². The Bertz CT molecular complexity index is 904. The monoisotopic (exact) mass is 543 g/mol. The smallest absolute Gasteiger partial charge is 0.248 e. The number of hydrogen-bond donors (Lipinski definition) is 3. The Hall–Kier alpha value is -1.29. The van der Waals surface area contributed by atoms with E-state index in [1.165, 1.54) is 0 Å². The van der Waals surface area contributed by atoms with E-state index in [2.05, 4.69) is 26.6 Å². The van der Waals surface area contributed by atoms with Crippen LogP contribution in [0.2, 0.25) is 5.02 Å². The molecule has 1 aromatic carbocycles. The number of nitrogens with zero attached hydrogens (tertiary/aromatic N) is 1. The van der Waals surface area contributed by atoms with Crippen LogP contribution in [-0.2, 0) is 14.4 Å². The van der Waals surface area contributed by atoms with Gasteiger partial charge in [0.1, 0.15) is 6.04 Å². The zero-order chi connectivity index (χ0) is 23.0. The van der Waals surface area contributed by atoms with Crippen molar-refractivity contribution in [1.29, 1.82) is 0 Å². The van der Waals surface area contributed by atoms with Crippen molar-refractivity contribution < 1.29 is 19.5 Å². The molecule has 174 valence electrons. The van der Waals surface area contributed by atoms with Crippen molar-refractivity contribution in [1.82, 2.24) is 10.2 Å². The fraction of sp³-hybridized carbons (Fsp3) is 0.591. The lowest BCUT2D eigenvalue weighted by Gasteiger charge is -2.35. The van der Waals surface area contributed by atoms with Crippen molar-refractivity contribution in [3.63, 3.8) is 0 Å². The molecule has 6 atom stereocenters. The predicted molar refractivity (Wildman–Crippen MR) is 129 cm³/mol. The first kappa shape index (κ1) is 23.9. The molecule has 3 amide bonds. The number of benzene rings is 1. The molecule has 4 rings (SSSR count). The number of hydrogen-bond acceptors (Lipinski definition) is 5. The Morgan fingerprint density at radius 3 is 2.62 bits per heavy atom. The van der Waals surface area contributed by atoms with Gasteiger partial charge in [0, 0.05) is 41.0 Å². The topological polar surface area (TPSA) is 98.7 Å². The summed E-state index contributed by atoms with van der Waals surface area (Å²) in [4.78, 5) is 41.8. The van der Waals surface area contributed by atoms with Crippen molar-refractivity contribution >= 4 is 62.7 Å². The van der Waals surface area contributed by atoms with Gasteiger partial charge in [-0.05, 0) is 49.9 Å². The Labute approximate surface area is 205 Å². The lowest BCUT2D eigenvalue weighted by atomic mass is 9.70. The molecular formula is C22H27BrClN3O4S. The molecule has 7 nitrogen and oxygen atoms in total. The number of rotatable bonds is 8. The van der Waals surface area contributed by atoms with Crippen molar-refractivity contribution in [2.45, 2.75) is 46.5 Å². The van der Waals surface area contributed by atoms with Gasteiger partial charge in [-0.1, -0.05) is 27.5 Å². The number of aliphatic hydroxyl groups is 1. The quantitative estimate of drug-likeness (QED) is 0.345. The van der Waals surface area contributed by atoms with Gasteiger partial charge < -0.3 is 20.6 Å². The van der Waals surface area contributed by atoms with Crippen LogP contribution in [0.1, 0.15) is 25.7 Å². The number of amides is 3. The minimum absolute atomic E-state index is 0.0497. The number of thioether (sulfide) groups is 1. The second-order valence-corrected chi connectivity index (χ2v) is 11.7. The standard InChI is InChI=1S/C22H27BrClN3O4S/c1-25-19(29)15-16-21(31)27(9-3-2-4-10-28)18(22(16)11-14(23)17(15)32-22)20(30)26-13-7-5-12(24)6-8-13/h5-8,14-18,28H,2-4,9-11H2,1H3,(H,25,29)(H,26,30)/t14?,15-,16+,17-,18?,22?/m1/s1. The van der Waals surface area contributed by atoms with Crippen molar-refractivity contribution in [2.75, 3.05) is 25.5 Å². The van der Waals surface area contributed by atoms with Gasteiger partial charge in [0.15, 0.2) is 0 Å². The maximum Gasteiger partial charge on any atom is 0.248 e. The van der Waals surface area contributed by atoms with Crippen molar-refractivity contribution in [3.8, 4) is 0 Å². The van der Waals surface area contributed by atoms with Crippen LogP contribution in [-0.4, -0.2) is 68.8 Å². The summed E-state index contributed by atoms with van der Waals surface area (Å²) in [6, 6.07) is 6.21. The fourth-order valence-electron chi connectivity index (χ4n) is 5.45. The van der Waals surface area contributed by atoms with E-state index < -0.39 is 22.6 Å². The number of anilines is 1. The lowest BCUT2D eigenvalue weighted by molar-refractivity contribution is -0.139. The number of nitrogens with one attached hydrogen (secondary N) is 2. The Kier molecular flexibility index (Phi) is 7.10. The van der Waals surface area contributed by atoms with Gasteiger partial charge in [0.2, 0.25) is 17.7 Å². The number of fused-ring (bicyclic) bond motifs is 1. The number of halogens is 2. The zero-order valence-electron chi connectivity index (χ0n) is 17.7. The van der Waals surface area contributed by atoms with E-state index in [0.29, 0.717) is 36.5 Å². The normalized spacial score (nSPS) is 32.8. The van der Waals surface area contributed by atoms with Crippen LogP contribution in [0.4, 0.5) is 5.69 Å². The molecule has 0 aromatic heterocycles. The predicted octanol–water partition coefficient (Wildman–Crippen LogP) is 2.65. The van der Waals surface area contributed by atoms with E-state index in [1.807, 2.05) is 0 Å². The molecule has 3 saturated heterocycles. The molecule has 3 unspecified atom stereocenters. The molecule has 3 N–H and O–H groups in total. The molecule has 32 heavy (non-hydrogen) atoms. The van der Waals surface area contributed by atoms with Gasteiger partial charge in [-0.3, -0.25) is 14.4 Å². The first-order chi connectivity index (χ1) is 15.3. The van der Waals surface area contributed by atoms with Gasteiger partial charge in [-0.25, -0.2) is 0 Å². The Balaban J connectivity index is 1.66. The molecule has 3 heterocycles. The summed E-state index contributed by atoms with van der Waals surface area (Å²) in [5, 5.41) is 15.3. The third kappa shape index (κ3) is 3.95. The third-order valence-corrected chi connectivity index (χ3v) is 10.2. The van der Waals surface area contributed by atoms with Crippen molar-refractivity contribution in [2.24, 2.45) is 11.8 Å². The third-order valence-electron chi connectivity index (χ3n) is 6.76. The number of likely N-dealkylation sites (tertiary alicyclic amines) is 1. The van der Waals surface area contributed by atoms with Gasteiger partial charge in [0.05, 0.1) is 16.6 Å². The molecule has 0 aliphatic carbocycles. The molecule has 1 aromatic rings. The molecule has 3 aliphatic rings. The van der Waals surface area contributed by atoms with Crippen LogP contribution in [0.15, 0.2) is 24.3 Å². The highest BCUT2D eigenvalue weighted by Crippen LogP contribution is 2.67. The molecule has 10 heteroatoms. The number of unbranched alkanes of at least 4 members (excludes halogenated alkanes) is 2. The fourth-order valence-corrected chi connectivity index (χ4v) is 9.19. The van der Waals surface area contributed by atoms with Crippen LogP contribution in [0, 0.1) is 11.8 Å². The summed E-state index contributed by atoms with van der Waals surface area (Å²) >= 11 is 11.3. The highest BCUT2D eigenvalue weighted by Gasteiger charge is 2.75. The average molecular weight is 545 g/mol. The van der Waals surface area contributed by atoms with Crippen LogP contribution >= 0.6 is 39.3 Å². The second kappa shape index (κ2) is 9.52. The lowest BCUT2D eigenvalue weighted by Crippen LogP contribution is -2.53. The molecule has 2 bridgehead atoms. The largest absolute Gasteiger partial charge is 0.396 e. The molecule has 3 fully saturated rings. The summed E-state index contributed by atoms with van der Waals surface area (Å²) in [5.74, 6) is -1.50. The summed E-state index contributed by atoms with van der Waals surface area (Å²) in [6.45, 7) is 0.525. The van der Waals surface area contributed by atoms with Crippen LogP contribution in [0.3, 0.4) is 0 Å². The maximum absolute atomic E-state index is 13.7. The second-order valence-electron chi connectivity index (χ2n) is 8.59. The van der Waals surface area contributed by atoms with Crippen molar-refractivity contribution in [3.05, 3.63) is 29.3 Å². The first-order valence-electron chi connectivity index (χ1n) is 10.9. The van der Waals surface area contributed by atoms with Crippen LogP contribution in [0.5, 0.6) is 0 Å². The van der Waals surface area contributed by atoms with E-state index in [-0.39, 0.29) is 34.4 Å². The van der Waals surface area contributed by atoms with E-state index in [9.17, 15) is 14.4 Å². The summed E-state index contributed by atoms with van der Waals surface area (Å²) in [5.41, 5.74) is 0.614. The molecule has 0 saturated carbocycles. The Morgan fingerprint density at radius 1 is 1.25 bits per heavy atom. The number of carbonyl (C=O) groups is 3. The van der Waals surface area contributed by atoms with E-state index in [4.69, 9.17) is 16.7 Å². The zero-order valence-corrected chi connectivity index (χ0v) is 20.9. The number of alkyl halides is 1. The van der Waals surface area contributed by atoms with Gasteiger partial charge >= 0.3 is 0 Å². The number of aliphatic hydroxyl groups excluding tert-OH is 1. The first-order valence-corrected chi connectivity index (χ1v) is 13.0. The van der Waals surface area contributed by atoms with Gasteiger partial charge in [-0.15, -0.1) is 11.8 Å². The minimum Gasteiger partial charge on any atom is -0.396 e. The molecule has 1 spiro atoms. The SMILES string of the molecule is CNC(=O)[C@H]1[C@@H]2SC3(CC2Br)C(C(=O)Nc2ccc(Cl)cc2)N(CCCCCO)C(=O)[C@H]13. The average Bonchev–Trinajstić information content (AvgIpc) is 3.36. The summed E-state index contributed by atoms with van der Waals surface area (Å²) in [6.07, 6.45) is 2.76. The summed E-state index contributed by atoms with van der Waals surface area (Å²) < 4.78 is -0.652. The Morgan fingerprint density at radius 2 is 1.97 bits per heavy atom. The van der Waals surface area contributed by atoms with Gasteiger partial charge in [0.25, 0.3) is 0 Å². The van der Waals surface area contributed by atoms with E-state index in [0.717, 1.165) is 6.42 Å². The summed E-state index contributed by atoms with van der Waals surface area (Å²) in [7, 11) is 1.59. The maximum atomic E-state index is 13.7. The molecule has 3 aliphatic heterocycles. The van der Waals surface area contributed by atoms with Crippen LogP contribution < -0.4 is 10.6 Å². The number of carbonyl (C=O) groups excluding carboxylic acids is 3. The molecular weight excluding hydrogens is 518 g/mol. The minimum atomic E-state index is -0.672. The van der Waals surface area contributed by atoms with E-state index >= 15 is 0 Å². The van der Waals surface area contributed by atoms with Gasteiger partial charge in [-0.2, -0.15) is 0 Å². The molecule has 0 radical (unpaired) electrons. The highest BCUT2D eigenvalue weighted by atomic mass is 79.9. The highest BCUT2D eigenvalue weighted by molar-refractivity contribution is 9.09. The van der Waals surface area contributed by atoms with Crippen LogP contribution in [0.25, 0.3) is 0 Å².